The SMILES string of the molecule is C[Si](C)(C)[N-][Si](C)(C)C.C[Si](C)(C)[N-][Si](C)(C)C.C[Si](C)(C)[N-][Si](C)(C)C.C[Si](C)(C)[N-][Si](C)(C)C.[U+2].[U+2].c1ccc(-c2ccccc2)cc1. The van der Waals surface area contributed by atoms with Crippen LogP contribution in [0.25, 0.3) is 29.7 Å². The number of hydrogen-bond acceptors (Lipinski definition) is 0. The maximum absolute atomic E-state index is 4.82. The van der Waals surface area contributed by atoms with Gasteiger partial charge in [0.25, 0.3) is 0 Å². The van der Waals surface area contributed by atoms with E-state index in [0.29, 0.717) is 0 Å². The second-order valence-electron chi connectivity index (χ2n) is 20.5. The van der Waals surface area contributed by atoms with Crippen molar-refractivity contribution < 1.29 is 62.2 Å². The number of rotatable bonds is 9. The van der Waals surface area contributed by atoms with Gasteiger partial charge in [-0.25, -0.2) is 0 Å². The predicted octanol–water partition coefficient (Wildman–Crippen LogP) is 15.5. The van der Waals surface area contributed by atoms with Crippen LogP contribution in [0.15, 0.2) is 60.7 Å². The van der Waals surface area contributed by atoms with Crippen LogP contribution < -0.4 is 0 Å². The van der Waals surface area contributed by atoms with Crippen LogP contribution in [-0.4, -0.2) is 65.9 Å². The average molecular weight is 1270 g/mol. The van der Waals surface area contributed by atoms with Gasteiger partial charge in [0.05, 0.1) is 0 Å². The van der Waals surface area contributed by atoms with Crippen LogP contribution in [0.2, 0.25) is 157 Å². The topological polar surface area (TPSA) is 56.4 Å². The van der Waals surface area contributed by atoms with Crippen molar-refractivity contribution >= 4 is 65.9 Å². The molecule has 286 valence electrons. The molecular formula is C36H82N4Si8U2. The molecule has 0 aromatic heterocycles. The van der Waals surface area contributed by atoms with Crippen molar-refractivity contribution in [2.45, 2.75) is 157 Å². The summed E-state index contributed by atoms with van der Waals surface area (Å²) in [6.45, 7) is 55.1. The van der Waals surface area contributed by atoms with Crippen LogP contribution in [0.4, 0.5) is 0 Å². The minimum absolute atomic E-state index is 0. The Bertz CT molecular complexity index is 900. The first kappa shape index (κ1) is 61.3. The fourth-order valence-electron chi connectivity index (χ4n) is 5.29. The van der Waals surface area contributed by atoms with E-state index in [9.17, 15) is 0 Å². The Balaban J connectivity index is -0.000000168. The second kappa shape index (κ2) is 26.1. The molecule has 0 atom stereocenters. The Morgan fingerprint density at radius 2 is 0.360 bits per heavy atom. The van der Waals surface area contributed by atoms with E-state index < -0.39 is 65.9 Å². The Morgan fingerprint density at radius 3 is 0.440 bits per heavy atom. The summed E-state index contributed by atoms with van der Waals surface area (Å²) < 4.78 is 19.3. The third-order valence-corrected chi connectivity index (χ3v) is 26.0. The van der Waals surface area contributed by atoms with Crippen LogP contribution in [0.1, 0.15) is 0 Å². The quantitative estimate of drug-likeness (QED) is 0.225. The molecule has 0 N–H and O–H groups in total. The molecule has 0 bridgehead atoms. The van der Waals surface area contributed by atoms with Crippen molar-refractivity contribution in [3.05, 3.63) is 79.3 Å². The second-order valence-corrected chi connectivity index (χ2v) is 58.9. The minimum Gasteiger partial charge on any atom is -0.668 e. The molecule has 0 heterocycles. The molecule has 0 spiro atoms. The third-order valence-electron chi connectivity index (χ3n) is 4.56. The maximum Gasteiger partial charge on any atom is 2.00 e. The Morgan fingerprint density at radius 1 is 0.240 bits per heavy atom. The zero-order chi connectivity index (χ0) is 39.1. The number of hydrogen-bond donors (Lipinski definition) is 0. The predicted molar refractivity (Wildman–Crippen MR) is 252 cm³/mol. The largest absolute Gasteiger partial charge is 2.00 e. The van der Waals surface area contributed by atoms with Crippen molar-refractivity contribution in [3.8, 4) is 11.1 Å². The Hall–Kier alpha value is 2.12. The number of nitrogens with zero attached hydrogens (tertiary/aromatic N) is 4. The molecule has 4 nitrogen and oxygen atoms in total. The van der Waals surface area contributed by atoms with Gasteiger partial charge in [0.15, 0.2) is 0 Å². The molecule has 50 heavy (non-hydrogen) atoms. The zero-order valence-electron chi connectivity index (χ0n) is 37.6. The van der Waals surface area contributed by atoms with E-state index in [1.54, 1.807) is 0 Å². The van der Waals surface area contributed by atoms with Gasteiger partial charge in [-0.15, -0.1) is 0 Å². The summed E-state index contributed by atoms with van der Waals surface area (Å²) in [6, 6.07) is 20.8. The van der Waals surface area contributed by atoms with Gasteiger partial charge in [-0.2, -0.15) is 0 Å². The first-order valence-corrected chi connectivity index (χ1v) is 45.4. The summed E-state index contributed by atoms with van der Waals surface area (Å²) in [6.07, 6.45) is 0. The van der Waals surface area contributed by atoms with Gasteiger partial charge >= 0.3 is 62.2 Å². The molecule has 0 amide bonds. The molecule has 0 unspecified atom stereocenters. The van der Waals surface area contributed by atoms with Gasteiger partial charge in [-0.05, 0) is 11.1 Å². The van der Waals surface area contributed by atoms with Crippen LogP contribution in [0, 0.1) is 62.2 Å². The summed E-state index contributed by atoms with van der Waals surface area (Å²) in [5.74, 6) is 0. The average Bonchev–Trinajstić information content (AvgIpc) is 2.72. The molecule has 2 aromatic carbocycles. The molecule has 0 aliphatic rings. The van der Waals surface area contributed by atoms with E-state index in [-0.39, 0.29) is 62.2 Å². The normalized spacial score (nSPS) is 12.4. The molecule has 14 heteroatoms. The van der Waals surface area contributed by atoms with Crippen molar-refractivity contribution in [1.82, 2.24) is 0 Å². The summed E-state index contributed by atoms with van der Waals surface area (Å²) in [4.78, 5) is 0. The molecule has 0 saturated carbocycles. The summed E-state index contributed by atoms with van der Waals surface area (Å²) in [7, 11) is -8.85. The van der Waals surface area contributed by atoms with Crippen LogP contribution in [-0.2, 0) is 0 Å². The van der Waals surface area contributed by atoms with E-state index in [0.717, 1.165) is 0 Å². The van der Waals surface area contributed by atoms with Crippen LogP contribution in [0.3, 0.4) is 0 Å². The fourth-order valence-corrected chi connectivity index (χ4v) is 37.5. The van der Waals surface area contributed by atoms with E-state index in [4.69, 9.17) is 18.6 Å². The van der Waals surface area contributed by atoms with Crippen LogP contribution >= 0.6 is 0 Å². The molecule has 0 saturated heterocycles. The molecule has 0 radical (unpaired) electrons. The van der Waals surface area contributed by atoms with Crippen molar-refractivity contribution in [2.75, 3.05) is 0 Å². The van der Waals surface area contributed by atoms with Gasteiger partial charge < -0.3 is 18.6 Å². The first-order chi connectivity index (χ1) is 20.8. The molecule has 2 rings (SSSR count). The molecule has 0 fully saturated rings. The van der Waals surface area contributed by atoms with Gasteiger partial charge in [0.1, 0.15) is 0 Å². The van der Waals surface area contributed by atoms with E-state index in [1.165, 1.54) is 11.1 Å². The van der Waals surface area contributed by atoms with Crippen molar-refractivity contribution in [3.63, 3.8) is 0 Å². The van der Waals surface area contributed by atoms with E-state index >= 15 is 0 Å². The fraction of sp³-hybridized carbons (Fsp3) is 0.667. The summed E-state index contributed by atoms with van der Waals surface area (Å²) >= 11 is 0. The van der Waals surface area contributed by atoms with E-state index in [2.05, 4.69) is 206 Å². The van der Waals surface area contributed by atoms with Crippen molar-refractivity contribution in [1.29, 1.82) is 0 Å². The number of benzene rings is 2. The van der Waals surface area contributed by atoms with Crippen LogP contribution in [0.5, 0.6) is 0 Å². The first-order valence-electron chi connectivity index (χ1n) is 17.9. The Kier molecular flexibility index (Phi) is 32.0. The third kappa shape index (κ3) is 56.9. The van der Waals surface area contributed by atoms with Gasteiger partial charge in [-0.1, -0.05) is 284 Å². The van der Waals surface area contributed by atoms with Gasteiger partial charge in [-0.3, -0.25) is 0 Å². The van der Waals surface area contributed by atoms with Gasteiger partial charge in [0.2, 0.25) is 0 Å². The molecule has 2 aromatic rings. The smallest absolute Gasteiger partial charge is 0.668 e. The molecular weight excluding hydrogens is 1190 g/mol. The van der Waals surface area contributed by atoms with Crippen molar-refractivity contribution in [2.24, 2.45) is 0 Å². The standard InChI is InChI=1S/C12H10.4C6H18NSi2.2U/c1-3-7-11(8-4-1)12-9-5-2-6-10-12;4*1-8(2,3)7-9(4,5)6;;/h1-10H;4*1-6H3;;/q;4*-1;2*+2. The summed E-state index contributed by atoms with van der Waals surface area (Å²) in [5.41, 5.74) is 2.55. The molecule has 0 aliphatic carbocycles. The van der Waals surface area contributed by atoms with Gasteiger partial charge in [0, 0.05) is 0 Å². The van der Waals surface area contributed by atoms with E-state index in [1.807, 2.05) is 12.1 Å². The maximum atomic E-state index is 4.82. The Labute approximate surface area is 371 Å². The summed E-state index contributed by atoms with van der Waals surface area (Å²) in [5, 5.41) is 0. The minimum atomic E-state index is -1.11. The monoisotopic (exact) mass is 1270 g/mol. The molecule has 0 aliphatic heterocycles. The zero-order valence-corrected chi connectivity index (χ0v) is 53.9.